The number of carbonyl (C=O) groups is 1. The summed E-state index contributed by atoms with van der Waals surface area (Å²) >= 11 is 0. The maximum atomic E-state index is 13.2. The Morgan fingerprint density at radius 3 is 2.80 bits per heavy atom. The molecule has 0 saturated carbocycles. The van der Waals surface area contributed by atoms with Gasteiger partial charge in [0.1, 0.15) is 0 Å². The Hall–Kier alpha value is -1.44. The molecule has 1 amide bonds. The zero-order valence-electron chi connectivity index (χ0n) is 15.2. The third-order valence-corrected chi connectivity index (χ3v) is 6.08. The first kappa shape index (κ1) is 17.0. The van der Waals surface area contributed by atoms with Crippen LogP contribution in [0.15, 0.2) is 12.4 Å². The molecule has 3 aliphatic heterocycles. The Balaban J connectivity index is 1.43. The molecule has 3 aliphatic rings. The Labute approximate surface area is 149 Å². The number of rotatable bonds is 3. The zero-order valence-corrected chi connectivity index (χ0v) is 15.2. The van der Waals surface area contributed by atoms with Crippen molar-refractivity contribution in [3.8, 4) is 0 Å². The minimum Gasteiger partial charge on any atom is -0.379 e. The molecule has 4 rings (SSSR count). The summed E-state index contributed by atoms with van der Waals surface area (Å²) in [6.07, 6.45) is 3.95. The van der Waals surface area contributed by atoms with Crippen molar-refractivity contribution in [1.82, 2.24) is 24.9 Å². The van der Waals surface area contributed by atoms with E-state index in [1.807, 2.05) is 24.1 Å². The van der Waals surface area contributed by atoms with E-state index < -0.39 is 0 Å². The van der Waals surface area contributed by atoms with E-state index in [2.05, 4.69) is 27.1 Å². The van der Waals surface area contributed by atoms with Crippen molar-refractivity contribution >= 4 is 5.91 Å². The number of ether oxygens (including phenoxy) is 1. The highest BCUT2D eigenvalue weighted by molar-refractivity contribution is 5.81. The molecule has 7 heteroatoms. The second-order valence-corrected chi connectivity index (χ2v) is 7.75. The van der Waals surface area contributed by atoms with Gasteiger partial charge >= 0.3 is 0 Å². The monoisotopic (exact) mass is 347 g/mol. The molecule has 0 radical (unpaired) electrons. The van der Waals surface area contributed by atoms with E-state index in [-0.39, 0.29) is 11.8 Å². The minimum absolute atomic E-state index is 0.0276. The summed E-state index contributed by atoms with van der Waals surface area (Å²) < 4.78 is 7.30. The van der Waals surface area contributed by atoms with Gasteiger partial charge in [-0.25, -0.2) is 0 Å². The molecule has 138 valence electrons. The summed E-state index contributed by atoms with van der Waals surface area (Å²) in [5, 5.41) is 7.69. The van der Waals surface area contributed by atoms with Gasteiger partial charge in [0.2, 0.25) is 5.91 Å². The Kier molecular flexibility index (Phi) is 4.80. The number of nitrogens with zero attached hydrogens (tertiary/aromatic N) is 4. The molecular weight excluding hydrogens is 318 g/mol. The third kappa shape index (κ3) is 3.32. The molecule has 3 fully saturated rings. The van der Waals surface area contributed by atoms with Crippen molar-refractivity contribution in [1.29, 1.82) is 0 Å². The van der Waals surface area contributed by atoms with E-state index in [9.17, 15) is 4.79 Å². The van der Waals surface area contributed by atoms with Gasteiger partial charge in [-0.05, 0) is 11.5 Å². The van der Waals surface area contributed by atoms with Crippen molar-refractivity contribution in [3.63, 3.8) is 0 Å². The van der Waals surface area contributed by atoms with Crippen molar-refractivity contribution in [2.45, 2.75) is 18.9 Å². The lowest BCUT2D eigenvalue weighted by atomic mass is 9.90. The Morgan fingerprint density at radius 1 is 1.28 bits per heavy atom. The van der Waals surface area contributed by atoms with E-state index in [0.29, 0.717) is 17.9 Å². The highest BCUT2D eigenvalue weighted by Crippen LogP contribution is 2.32. The van der Waals surface area contributed by atoms with Gasteiger partial charge in [0.25, 0.3) is 0 Å². The summed E-state index contributed by atoms with van der Waals surface area (Å²) in [7, 11) is 1.93. The average Bonchev–Trinajstić information content (AvgIpc) is 3.34. The van der Waals surface area contributed by atoms with Gasteiger partial charge in [-0.3, -0.25) is 14.4 Å². The smallest absolute Gasteiger partial charge is 0.227 e. The van der Waals surface area contributed by atoms with E-state index in [1.54, 1.807) is 0 Å². The molecule has 0 bridgehead atoms. The summed E-state index contributed by atoms with van der Waals surface area (Å²) in [4.78, 5) is 17.8. The van der Waals surface area contributed by atoms with Crippen LogP contribution in [0.25, 0.3) is 0 Å². The largest absolute Gasteiger partial charge is 0.379 e. The van der Waals surface area contributed by atoms with Gasteiger partial charge < -0.3 is 15.0 Å². The molecule has 4 atom stereocenters. The standard InChI is InChI=1S/C18H29N5O2/c1-13-10-23(12-17(13)22-3-5-25-6-4-22)18(24)16-9-19-8-15(16)14-7-20-21(2)11-14/h7,11,13,15-17,19H,3-6,8-10,12H2,1-2H3/t13?,15-,16+,17?/m1/s1. The predicted molar refractivity (Wildman–Crippen MR) is 94.2 cm³/mol. The number of hydrogen-bond acceptors (Lipinski definition) is 5. The highest BCUT2D eigenvalue weighted by atomic mass is 16.5. The number of amides is 1. The van der Waals surface area contributed by atoms with Crippen LogP contribution in [0.5, 0.6) is 0 Å². The third-order valence-electron chi connectivity index (χ3n) is 6.08. The van der Waals surface area contributed by atoms with E-state index in [1.165, 1.54) is 5.56 Å². The first-order valence-electron chi connectivity index (χ1n) is 9.43. The van der Waals surface area contributed by atoms with Crippen LogP contribution < -0.4 is 5.32 Å². The van der Waals surface area contributed by atoms with Gasteiger partial charge in [0.05, 0.1) is 25.3 Å². The van der Waals surface area contributed by atoms with Crippen LogP contribution in [-0.2, 0) is 16.6 Å². The van der Waals surface area contributed by atoms with Gasteiger partial charge in [0.15, 0.2) is 0 Å². The molecular formula is C18H29N5O2. The van der Waals surface area contributed by atoms with Gasteiger partial charge in [0, 0.05) is 64.5 Å². The molecule has 7 nitrogen and oxygen atoms in total. The van der Waals surface area contributed by atoms with Gasteiger partial charge in [-0.15, -0.1) is 0 Å². The summed E-state index contributed by atoms with van der Waals surface area (Å²) in [6, 6.07) is 0.471. The predicted octanol–water partition coefficient (Wildman–Crippen LogP) is -0.0978. The lowest BCUT2D eigenvalue weighted by Crippen LogP contribution is -2.47. The molecule has 0 spiro atoms. The lowest BCUT2D eigenvalue weighted by Gasteiger charge is -2.34. The van der Waals surface area contributed by atoms with E-state index >= 15 is 0 Å². The van der Waals surface area contributed by atoms with Crippen LogP contribution in [0, 0.1) is 11.8 Å². The van der Waals surface area contributed by atoms with Crippen LogP contribution in [0.1, 0.15) is 18.4 Å². The number of aryl methyl sites for hydroxylation is 1. The second-order valence-electron chi connectivity index (χ2n) is 7.75. The lowest BCUT2D eigenvalue weighted by molar-refractivity contribution is -0.134. The highest BCUT2D eigenvalue weighted by Gasteiger charge is 2.42. The number of likely N-dealkylation sites (tertiary alicyclic amines) is 1. The molecule has 0 aliphatic carbocycles. The quantitative estimate of drug-likeness (QED) is 0.828. The van der Waals surface area contributed by atoms with E-state index in [4.69, 9.17) is 4.74 Å². The normalized spacial score (nSPS) is 33.9. The fraction of sp³-hybridized carbons (Fsp3) is 0.778. The maximum absolute atomic E-state index is 13.2. The van der Waals surface area contributed by atoms with Crippen molar-refractivity contribution in [3.05, 3.63) is 18.0 Å². The fourth-order valence-electron chi connectivity index (χ4n) is 4.67. The maximum Gasteiger partial charge on any atom is 0.227 e. The molecule has 25 heavy (non-hydrogen) atoms. The number of carbonyl (C=O) groups excluding carboxylic acids is 1. The Morgan fingerprint density at radius 2 is 2.08 bits per heavy atom. The molecule has 2 unspecified atom stereocenters. The summed E-state index contributed by atoms with van der Waals surface area (Å²) in [6.45, 7) is 9.23. The molecule has 1 aromatic rings. The van der Waals surface area contributed by atoms with Crippen molar-refractivity contribution in [2.75, 3.05) is 52.5 Å². The molecule has 0 aromatic carbocycles. The first-order chi connectivity index (χ1) is 12.1. The van der Waals surface area contributed by atoms with Gasteiger partial charge in [-0.1, -0.05) is 6.92 Å². The topological polar surface area (TPSA) is 62.6 Å². The number of hydrogen-bond donors (Lipinski definition) is 1. The minimum atomic E-state index is 0.0276. The molecule has 1 aromatic heterocycles. The van der Waals surface area contributed by atoms with Crippen LogP contribution >= 0.6 is 0 Å². The zero-order chi connectivity index (χ0) is 17.4. The van der Waals surface area contributed by atoms with Crippen LogP contribution in [0.2, 0.25) is 0 Å². The molecule has 3 saturated heterocycles. The summed E-state index contributed by atoms with van der Waals surface area (Å²) in [5.41, 5.74) is 1.17. The van der Waals surface area contributed by atoms with Gasteiger partial charge in [-0.2, -0.15) is 5.10 Å². The molecule has 1 N–H and O–H groups in total. The Bertz CT molecular complexity index is 612. The van der Waals surface area contributed by atoms with E-state index in [0.717, 1.165) is 52.5 Å². The number of aromatic nitrogens is 2. The number of morpholine rings is 1. The molecule has 4 heterocycles. The van der Waals surface area contributed by atoms with Crippen LogP contribution in [0.3, 0.4) is 0 Å². The van der Waals surface area contributed by atoms with Crippen LogP contribution in [-0.4, -0.2) is 84.0 Å². The SMILES string of the molecule is CC1CN(C(=O)[C@H]2CNC[C@@H]2c2cnn(C)c2)CC1N1CCOCC1. The van der Waals surface area contributed by atoms with Crippen molar-refractivity contribution in [2.24, 2.45) is 18.9 Å². The second kappa shape index (κ2) is 7.05. The fourth-order valence-corrected chi connectivity index (χ4v) is 4.67. The first-order valence-corrected chi connectivity index (χ1v) is 9.43. The number of nitrogens with one attached hydrogen (secondary N) is 1. The van der Waals surface area contributed by atoms with Crippen LogP contribution in [0.4, 0.5) is 0 Å². The average molecular weight is 347 g/mol. The van der Waals surface area contributed by atoms with Crippen molar-refractivity contribution < 1.29 is 9.53 Å². The summed E-state index contributed by atoms with van der Waals surface area (Å²) in [5.74, 6) is 1.09.